The summed E-state index contributed by atoms with van der Waals surface area (Å²) in [6, 6.07) is 0. The average Bonchev–Trinajstić information content (AvgIpc) is 2.56. The van der Waals surface area contributed by atoms with Crippen LogP contribution in [-0.2, 0) is 4.74 Å². The molecule has 0 saturated carbocycles. The van der Waals surface area contributed by atoms with E-state index in [-0.39, 0.29) is 5.60 Å². The Morgan fingerprint density at radius 3 is 2.53 bits per heavy atom. The van der Waals surface area contributed by atoms with Crippen molar-refractivity contribution >= 4 is 5.71 Å². The van der Waals surface area contributed by atoms with Gasteiger partial charge in [-0.3, -0.25) is 4.99 Å². The molecule has 0 aliphatic carbocycles. The van der Waals surface area contributed by atoms with Gasteiger partial charge in [0.2, 0.25) is 0 Å². The summed E-state index contributed by atoms with van der Waals surface area (Å²) in [6.45, 7) is 7.28. The minimum absolute atomic E-state index is 0.252. The molecule has 15 heavy (non-hydrogen) atoms. The molecule has 0 saturated heterocycles. The SMILES string of the molecule is CCCCN=C1C=C(N)OC1(CC)CC. The van der Waals surface area contributed by atoms with E-state index in [2.05, 4.69) is 25.8 Å². The molecule has 0 bridgehead atoms. The standard InChI is InChI=1S/C12H22N2O/c1-4-7-8-14-10-9-11(13)15-12(10,5-2)6-3/h9H,4-8,13H2,1-3H3. The highest BCUT2D eigenvalue weighted by Crippen LogP contribution is 2.30. The molecule has 0 amide bonds. The molecule has 0 aromatic carbocycles. The molecule has 0 atom stereocenters. The molecule has 0 aromatic heterocycles. The van der Waals surface area contributed by atoms with Crippen LogP contribution in [0.15, 0.2) is 17.0 Å². The molecule has 1 aliphatic heterocycles. The van der Waals surface area contributed by atoms with E-state index >= 15 is 0 Å². The average molecular weight is 210 g/mol. The molecule has 3 nitrogen and oxygen atoms in total. The van der Waals surface area contributed by atoms with E-state index in [1.54, 1.807) is 0 Å². The van der Waals surface area contributed by atoms with Crippen LogP contribution in [0.5, 0.6) is 0 Å². The second-order valence-electron chi connectivity index (χ2n) is 3.97. The number of rotatable bonds is 5. The van der Waals surface area contributed by atoms with Crippen molar-refractivity contribution in [3.63, 3.8) is 0 Å². The highest BCUT2D eigenvalue weighted by atomic mass is 16.5. The van der Waals surface area contributed by atoms with E-state index in [4.69, 9.17) is 10.5 Å². The number of nitrogens with two attached hydrogens (primary N) is 1. The first-order chi connectivity index (χ1) is 7.18. The van der Waals surface area contributed by atoms with E-state index in [1.807, 2.05) is 6.08 Å². The maximum atomic E-state index is 5.71. The Morgan fingerprint density at radius 1 is 1.33 bits per heavy atom. The number of unbranched alkanes of at least 4 members (excludes halogenated alkanes) is 1. The number of hydrogen-bond acceptors (Lipinski definition) is 3. The molecular weight excluding hydrogens is 188 g/mol. The van der Waals surface area contributed by atoms with Crippen LogP contribution in [0, 0.1) is 0 Å². The van der Waals surface area contributed by atoms with E-state index < -0.39 is 0 Å². The van der Waals surface area contributed by atoms with Gasteiger partial charge in [0.15, 0.2) is 11.5 Å². The summed E-state index contributed by atoms with van der Waals surface area (Å²) < 4.78 is 5.70. The smallest absolute Gasteiger partial charge is 0.187 e. The second kappa shape index (κ2) is 5.19. The molecule has 2 N–H and O–H groups in total. The lowest BCUT2D eigenvalue weighted by atomic mass is 9.92. The van der Waals surface area contributed by atoms with Crippen LogP contribution in [-0.4, -0.2) is 17.9 Å². The third kappa shape index (κ3) is 2.52. The Morgan fingerprint density at radius 2 is 2.00 bits per heavy atom. The van der Waals surface area contributed by atoms with Crippen molar-refractivity contribution in [3.8, 4) is 0 Å². The summed E-state index contributed by atoms with van der Waals surface area (Å²) in [7, 11) is 0. The Kier molecular flexibility index (Phi) is 4.18. The van der Waals surface area contributed by atoms with E-state index in [0.29, 0.717) is 5.88 Å². The van der Waals surface area contributed by atoms with Gasteiger partial charge in [-0.1, -0.05) is 27.2 Å². The van der Waals surface area contributed by atoms with Crippen molar-refractivity contribution in [2.75, 3.05) is 6.54 Å². The normalized spacial score (nSPS) is 21.5. The molecule has 86 valence electrons. The summed E-state index contributed by atoms with van der Waals surface area (Å²) in [4.78, 5) is 4.59. The Balaban J connectivity index is 2.77. The summed E-state index contributed by atoms with van der Waals surface area (Å²) in [5.41, 5.74) is 6.49. The largest absolute Gasteiger partial charge is 0.466 e. The zero-order valence-corrected chi connectivity index (χ0v) is 10.0. The van der Waals surface area contributed by atoms with Gasteiger partial charge in [-0.2, -0.15) is 0 Å². The van der Waals surface area contributed by atoms with Crippen molar-refractivity contribution in [2.45, 2.75) is 52.1 Å². The zero-order valence-electron chi connectivity index (χ0n) is 10.0. The topological polar surface area (TPSA) is 47.6 Å². The van der Waals surface area contributed by atoms with Gasteiger partial charge in [0.25, 0.3) is 0 Å². The fraction of sp³-hybridized carbons (Fsp3) is 0.750. The predicted molar refractivity (Wildman–Crippen MR) is 63.9 cm³/mol. The maximum absolute atomic E-state index is 5.71. The van der Waals surface area contributed by atoms with Gasteiger partial charge in [0.05, 0.1) is 5.71 Å². The molecule has 0 aromatic rings. The third-order valence-electron chi connectivity index (χ3n) is 3.00. The van der Waals surface area contributed by atoms with Crippen molar-refractivity contribution in [3.05, 3.63) is 12.0 Å². The first-order valence-electron chi connectivity index (χ1n) is 5.89. The lowest BCUT2D eigenvalue weighted by Crippen LogP contribution is -2.35. The minimum Gasteiger partial charge on any atom is -0.466 e. The molecule has 1 aliphatic rings. The van der Waals surface area contributed by atoms with Gasteiger partial charge in [-0.05, 0) is 19.3 Å². The molecule has 0 unspecified atom stereocenters. The first-order valence-corrected chi connectivity index (χ1v) is 5.89. The molecule has 3 heteroatoms. The van der Waals surface area contributed by atoms with E-state index in [9.17, 15) is 0 Å². The maximum Gasteiger partial charge on any atom is 0.187 e. The van der Waals surface area contributed by atoms with Crippen LogP contribution >= 0.6 is 0 Å². The van der Waals surface area contributed by atoms with Crippen LogP contribution in [0.1, 0.15) is 46.5 Å². The second-order valence-corrected chi connectivity index (χ2v) is 3.97. The molecule has 1 heterocycles. The van der Waals surface area contributed by atoms with Gasteiger partial charge in [-0.25, -0.2) is 0 Å². The molecular formula is C12H22N2O. The van der Waals surface area contributed by atoms with Crippen LogP contribution in [0.4, 0.5) is 0 Å². The molecule has 0 radical (unpaired) electrons. The van der Waals surface area contributed by atoms with Crippen molar-refractivity contribution < 1.29 is 4.74 Å². The summed E-state index contributed by atoms with van der Waals surface area (Å²) in [6.07, 6.45) is 6.02. The Labute approximate surface area is 92.4 Å². The van der Waals surface area contributed by atoms with E-state index in [1.165, 1.54) is 6.42 Å². The van der Waals surface area contributed by atoms with Gasteiger partial charge in [0.1, 0.15) is 0 Å². The van der Waals surface area contributed by atoms with E-state index in [0.717, 1.165) is 31.5 Å². The molecule has 1 rings (SSSR count). The lowest BCUT2D eigenvalue weighted by molar-refractivity contribution is 0.0666. The summed E-state index contributed by atoms with van der Waals surface area (Å²) in [5.74, 6) is 0.508. The number of aliphatic imine (C=N–C) groups is 1. The molecule has 0 fully saturated rings. The lowest BCUT2D eigenvalue weighted by Gasteiger charge is -2.27. The van der Waals surface area contributed by atoms with Gasteiger partial charge in [0, 0.05) is 12.6 Å². The number of nitrogens with zero attached hydrogens (tertiary/aromatic N) is 1. The monoisotopic (exact) mass is 210 g/mol. The van der Waals surface area contributed by atoms with Gasteiger partial charge >= 0.3 is 0 Å². The summed E-state index contributed by atoms with van der Waals surface area (Å²) in [5, 5.41) is 0. The highest BCUT2D eigenvalue weighted by Gasteiger charge is 2.38. The van der Waals surface area contributed by atoms with Crippen molar-refractivity contribution in [2.24, 2.45) is 10.7 Å². The summed E-state index contributed by atoms with van der Waals surface area (Å²) >= 11 is 0. The first kappa shape index (κ1) is 12.1. The highest BCUT2D eigenvalue weighted by molar-refractivity contribution is 6.03. The fourth-order valence-electron chi connectivity index (χ4n) is 1.88. The molecule has 0 spiro atoms. The van der Waals surface area contributed by atoms with Crippen LogP contribution < -0.4 is 5.73 Å². The quantitative estimate of drug-likeness (QED) is 0.709. The number of ether oxygens (including phenoxy) is 1. The number of hydrogen-bond donors (Lipinski definition) is 1. The van der Waals surface area contributed by atoms with Crippen molar-refractivity contribution in [1.82, 2.24) is 0 Å². The van der Waals surface area contributed by atoms with Crippen LogP contribution in [0.3, 0.4) is 0 Å². The Bertz CT molecular complexity index is 265. The third-order valence-corrected chi connectivity index (χ3v) is 3.00. The predicted octanol–water partition coefficient (Wildman–Crippen LogP) is 2.62. The van der Waals surface area contributed by atoms with Gasteiger partial charge in [-0.15, -0.1) is 0 Å². The fourth-order valence-corrected chi connectivity index (χ4v) is 1.88. The zero-order chi connectivity index (χ0) is 11.3. The minimum atomic E-state index is -0.252. The van der Waals surface area contributed by atoms with Crippen LogP contribution in [0.25, 0.3) is 0 Å². The van der Waals surface area contributed by atoms with Crippen LogP contribution in [0.2, 0.25) is 0 Å². The van der Waals surface area contributed by atoms with Gasteiger partial charge < -0.3 is 10.5 Å². The Hall–Kier alpha value is -0.990. The van der Waals surface area contributed by atoms with Crippen molar-refractivity contribution in [1.29, 1.82) is 0 Å².